The number of rotatable bonds is 6. The van der Waals surface area contributed by atoms with Crippen LogP contribution in [0.15, 0.2) is 64.8 Å². The summed E-state index contributed by atoms with van der Waals surface area (Å²) in [5, 5.41) is 8.67. The van der Waals surface area contributed by atoms with Crippen LogP contribution in [0.25, 0.3) is 27.7 Å². The van der Waals surface area contributed by atoms with E-state index < -0.39 is 29.6 Å². The van der Waals surface area contributed by atoms with Crippen molar-refractivity contribution in [3.8, 4) is 11.3 Å². The number of alkyl halides is 4. The minimum atomic E-state index is -4.63. The summed E-state index contributed by atoms with van der Waals surface area (Å²) in [5.41, 5.74) is -0.381. The van der Waals surface area contributed by atoms with Gasteiger partial charge in [-0.15, -0.1) is 0 Å². The lowest BCUT2D eigenvalue weighted by Gasteiger charge is -2.30. The number of hydrogen-bond donors (Lipinski definition) is 1. The van der Waals surface area contributed by atoms with Crippen LogP contribution in [0.2, 0.25) is 5.02 Å². The van der Waals surface area contributed by atoms with Crippen LogP contribution in [0.4, 0.5) is 17.6 Å². The average molecular weight is 590 g/mol. The molecular weight excluding hydrogens is 566 g/mol. The van der Waals surface area contributed by atoms with Crippen molar-refractivity contribution < 1.29 is 17.6 Å². The summed E-state index contributed by atoms with van der Waals surface area (Å²) in [7, 11) is 0. The van der Waals surface area contributed by atoms with Gasteiger partial charge in [0.25, 0.3) is 5.56 Å². The Morgan fingerprint density at radius 3 is 2.56 bits per heavy atom. The van der Waals surface area contributed by atoms with Crippen LogP contribution in [0, 0.1) is 0 Å². The van der Waals surface area contributed by atoms with Crippen LogP contribution in [0.5, 0.6) is 0 Å². The summed E-state index contributed by atoms with van der Waals surface area (Å²) in [6, 6.07) is 7.97. The van der Waals surface area contributed by atoms with E-state index in [-0.39, 0.29) is 13.1 Å². The third-order valence-corrected chi connectivity index (χ3v) is 7.54. The molecule has 14 heteroatoms. The normalized spacial score (nSPS) is 15.6. The fourth-order valence-corrected chi connectivity index (χ4v) is 5.67. The lowest BCUT2D eigenvalue weighted by Crippen LogP contribution is -2.41. The van der Waals surface area contributed by atoms with Gasteiger partial charge in [0.15, 0.2) is 0 Å². The van der Waals surface area contributed by atoms with Gasteiger partial charge in [0.1, 0.15) is 18.5 Å². The Bertz CT molecular complexity index is 1880. The van der Waals surface area contributed by atoms with Crippen LogP contribution < -0.4 is 16.6 Å². The van der Waals surface area contributed by atoms with Gasteiger partial charge in [-0.25, -0.2) is 18.7 Å². The summed E-state index contributed by atoms with van der Waals surface area (Å²) >= 11 is 6.46. The summed E-state index contributed by atoms with van der Waals surface area (Å²) in [6.45, 7) is -0.444. The number of aromatic nitrogens is 6. The quantitative estimate of drug-likeness (QED) is 0.302. The summed E-state index contributed by atoms with van der Waals surface area (Å²) in [6.07, 6.45) is 1.71. The van der Waals surface area contributed by atoms with Gasteiger partial charge < -0.3 is 9.88 Å². The number of halogens is 5. The van der Waals surface area contributed by atoms with Crippen LogP contribution in [-0.2, 0) is 19.6 Å². The van der Waals surface area contributed by atoms with Crippen LogP contribution in [0.3, 0.4) is 0 Å². The monoisotopic (exact) mass is 589 g/mol. The molecule has 0 bridgehead atoms. The Balaban J connectivity index is 1.43. The molecule has 0 saturated carbocycles. The number of piperidine rings is 1. The van der Waals surface area contributed by atoms with Crippen molar-refractivity contribution in [3.05, 3.63) is 86.7 Å². The zero-order valence-electron chi connectivity index (χ0n) is 21.5. The van der Waals surface area contributed by atoms with E-state index in [0.29, 0.717) is 57.9 Å². The van der Waals surface area contributed by atoms with Gasteiger partial charge in [0, 0.05) is 40.6 Å². The molecule has 0 atom stereocenters. The lowest BCUT2D eigenvalue weighted by atomic mass is 9.94. The predicted octanol–water partition coefficient (Wildman–Crippen LogP) is 4.03. The van der Waals surface area contributed by atoms with Gasteiger partial charge in [-0.05, 0) is 55.8 Å². The van der Waals surface area contributed by atoms with Crippen LogP contribution >= 0.6 is 11.6 Å². The Morgan fingerprint density at radius 2 is 1.80 bits per heavy atom. The van der Waals surface area contributed by atoms with E-state index in [1.165, 1.54) is 10.8 Å². The van der Waals surface area contributed by atoms with E-state index in [0.717, 1.165) is 27.7 Å². The number of nitrogens with one attached hydrogen (secondary N) is 1. The molecule has 1 N–H and O–H groups in total. The first-order chi connectivity index (χ1) is 19.5. The summed E-state index contributed by atoms with van der Waals surface area (Å²) < 4.78 is 59.0. The molecule has 0 aliphatic carbocycles. The number of benzene rings is 1. The Hall–Kier alpha value is -3.97. The van der Waals surface area contributed by atoms with Gasteiger partial charge in [0.05, 0.1) is 29.8 Å². The second-order valence-electron chi connectivity index (χ2n) is 10.3. The number of fused-ring (bicyclic) bond motifs is 2. The molecule has 1 saturated heterocycles. The first-order valence-electron chi connectivity index (χ1n) is 12.9. The molecule has 1 aliphatic rings. The molecule has 5 aromatic rings. The highest BCUT2D eigenvalue weighted by Crippen LogP contribution is 2.36. The minimum Gasteiger partial charge on any atom is -0.344 e. The van der Waals surface area contributed by atoms with Crippen LogP contribution in [-0.4, -0.2) is 53.2 Å². The van der Waals surface area contributed by atoms with Gasteiger partial charge in [-0.3, -0.25) is 13.9 Å². The molecule has 5 heterocycles. The Morgan fingerprint density at radius 1 is 1.05 bits per heavy atom. The molecule has 214 valence electrons. The molecule has 4 aromatic heterocycles. The maximum atomic E-state index is 15.7. The number of hydrogen-bond acceptors (Lipinski definition) is 5. The highest BCUT2D eigenvalue weighted by molar-refractivity contribution is 6.32. The minimum absolute atomic E-state index is 0.154. The van der Waals surface area contributed by atoms with E-state index in [9.17, 15) is 22.8 Å². The molecule has 0 spiro atoms. The largest absolute Gasteiger partial charge is 0.406 e. The molecule has 1 fully saturated rings. The average Bonchev–Trinajstić information content (AvgIpc) is 3.50. The molecular formula is C27H24ClF4N7O2. The fourth-order valence-electron chi connectivity index (χ4n) is 5.44. The Kier molecular flexibility index (Phi) is 6.73. The third kappa shape index (κ3) is 5.38. The van der Waals surface area contributed by atoms with Crippen molar-refractivity contribution in [2.45, 2.75) is 44.3 Å². The highest BCUT2D eigenvalue weighted by Gasteiger charge is 2.33. The molecule has 1 aromatic carbocycles. The molecule has 9 nitrogen and oxygen atoms in total. The second kappa shape index (κ2) is 10.1. The van der Waals surface area contributed by atoms with E-state index in [1.807, 2.05) is 16.8 Å². The Labute approximate surface area is 234 Å². The molecule has 1 aliphatic heterocycles. The molecule has 6 rings (SSSR count). The maximum Gasteiger partial charge on any atom is 0.406 e. The summed E-state index contributed by atoms with van der Waals surface area (Å²) in [5.74, 6) is 0. The van der Waals surface area contributed by atoms with Crippen molar-refractivity contribution in [1.82, 2.24) is 33.6 Å². The standard InChI is InChI=1S/C27H24ClF4N7O2/c28-19-10-18-1-7-36(14-26(29)3-5-33-6-4-26)24(18)20(11-19)23-21-9-17(13-39(21)35-16-34-23)12-38-22(40)2-8-37(25(38)41)15-27(30,31)32/h1-2,7-11,13,16,33H,3-6,12,14-15H2. The zero-order chi connectivity index (χ0) is 28.9. The molecule has 41 heavy (non-hydrogen) atoms. The first-order valence-corrected chi connectivity index (χ1v) is 13.3. The molecule has 0 radical (unpaired) electrons. The summed E-state index contributed by atoms with van der Waals surface area (Å²) in [4.78, 5) is 29.6. The number of nitrogens with zero attached hydrogens (tertiary/aromatic N) is 6. The van der Waals surface area contributed by atoms with E-state index in [1.54, 1.807) is 24.4 Å². The lowest BCUT2D eigenvalue weighted by molar-refractivity contribution is -0.141. The van der Waals surface area contributed by atoms with Gasteiger partial charge in [-0.1, -0.05) is 11.6 Å². The van der Waals surface area contributed by atoms with Crippen LogP contribution in [0.1, 0.15) is 18.4 Å². The smallest absolute Gasteiger partial charge is 0.344 e. The molecule has 0 unspecified atom stereocenters. The fraction of sp³-hybridized carbons (Fsp3) is 0.333. The van der Waals surface area contributed by atoms with E-state index in [2.05, 4.69) is 15.4 Å². The molecule has 0 amide bonds. The predicted molar refractivity (Wildman–Crippen MR) is 145 cm³/mol. The van der Waals surface area contributed by atoms with E-state index in [4.69, 9.17) is 11.6 Å². The third-order valence-electron chi connectivity index (χ3n) is 7.33. The van der Waals surface area contributed by atoms with Gasteiger partial charge in [-0.2, -0.15) is 18.3 Å². The van der Waals surface area contributed by atoms with Crippen molar-refractivity contribution in [2.24, 2.45) is 0 Å². The van der Waals surface area contributed by atoms with Crippen molar-refractivity contribution in [1.29, 1.82) is 0 Å². The van der Waals surface area contributed by atoms with E-state index >= 15 is 4.39 Å². The van der Waals surface area contributed by atoms with Crippen molar-refractivity contribution in [3.63, 3.8) is 0 Å². The zero-order valence-corrected chi connectivity index (χ0v) is 22.3. The maximum absolute atomic E-state index is 15.7. The van der Waals surface area contributed by atoms with Gasteiger partial charge >= 0.3 is 11.9 Å². The SMILES string of the molecule is O=c1ccn(CC(F)(F)F)c(=O)n1Cc1cc2c(-c3cc(Cl)cc4ccn(CC5(F)CCNCC5)c34)ncnn2c1. The first kappa shape index (κ1) is 27.2. The van der Waals surface area contributed by atoms with Crippen molar-refractivity contribution in [2.75, 3.05) is 13.1 Å². The second-order valence-corrected chi connectivity index (χ2v) is 10.7. The highest BCUT2D eigenvalue weighted by atomic mass is 35.5. The van der Waals surface area contributed by atoms with Crippen molar-refractivity contribution >= 4 is 28.0 Å². The topological polar surface area (TPSA) is 91.1 Å². The van der Waals surface area contributed by atoms with Gasteiger partial charge in [0.2, 0.25) is 0 Å².